The first-order valence-electron chi connectivity index (χ1n) is 6.89. The van der Waals surface area contributed by atoms with Gasteiger partial charge >= 0.3 is 5.97 Å². The molecule has 3 atom stereocenters. The van der Waals surface area contributed by atoms with Crippen LogP contribution >= 0.6 is 0 Å². The minimum absolute atomic E-state index is 0.0688. The van der Waals surface area contributed by atoms with Gasteiger partial charge in [0.2, 0.25) is 0 Å². The van der Waals surface area contributed by atoms with E-state index in [4.69, 9.17) is 4.74 Å². The lowest BCUT2D eigenvalue weighted by atomic mass is 9.98. The average molecular weight is 248 g/mol. The second kappa shape index (κ2) is 4.75. The van der Waals surface area contributed by atoms with Crippen molar-refractivity contribution in [2.45, 2.75) is 51.7 Å². The highest BCUT2D eigenvalue weighted by Crippen LogP contribution is 2.45. The van der Waals surface area contributed by atoms with Crippen molar-refractivity contribution in [1.82, 2.24) is 9.78 Å². The summed E-state index contributed by atoms with van der Waals surface area (Å²) in [4.78, 5) is 11.8. The van der Waals surface area contributed by atoms with E-state index in [1.54, 1.807) is 10.9 Å². The average Bonchev–Trinajstić information content (AvgIpc) is 3.03. The SMILES string of the molecule is Cc1cnn(CCC(=O)OC2CC3CCC2C3)c1. The zero-order chi connectivity index (χ0) is 12.5. The Bertz CT molecular complexity index is 441. The fourth-order valence-corrected chi connectivity index (χ4v) is 3.35. The van der Waals surface area contributed by atoms with Crippen molar-refractivity contribution in [2.75, 3.05) is 0 Å². The summed E-state index contributed by atoms with van der Waals surface area (Å²) >= 11 is 0. The molecule has 1 aromatic rings. The Balaban J connectivity index is 1.45. The van der Waals surface area contributed by atoms with Crippen molar-refractivity contribution in [3.05, 3.63) is 18.0 Å². The molecule has 1 aromatic heterocycles. The van der Waals surface area contributed by atoms with E-state index in [1.807, 2.05) is 13.1 Å². The number of aryl methyl sites for hydroxylation is 2. The molecule has 3 unspecified atom stereocenters. The fraction of sp³-hybridized carbons (Fsp3) is 0.714. The first-order chi connectivity index (χ1) is 8.70. The molecule has 0 aliphatic heterocycles. The molecule has 0 radical (unpaired) electrons. The van der Waals surface area contributed by atoms with E-state index in [-0.39, 0.29) is 12.1 Å². The van der Waals surface area contributed by atoms with Gasteiger partial charge in [-0.3, -0.25) is 9.48 Å². The van der Waals surface area contributed by atoms with Crippen LogP contribution in [0.3, 0.4) is 0 Å². The Morgan fingerprint density at radius 3 is 3.00 bits per heavy atom. The molecule has 0 saturated heterocycles. The summed E-state index contributed by atoms with van der Waals surface area (Å²) < 4.78 is 7.40. The molecule has 2 saturated carbocycles. The normalized spacial score (nSPS) is 29.7. The summed E-state index contributed by atoms with van der Waals surface area (Å²) in [5.74, 6) is 1.40. The maximum atomic E-state index is 11.8. The van der Waals surface area contributed by atoms with Gasteiger partial charge in [-0.15, -0.1) is 0 Å². The number of carbonyl (C=O) groups is 1. The molecule has 2 aliphatic rings. The number of rotatable bonds is 4. The molecule has 0 N–H and O–H groups in total. The first kappa shape index (κ1) is 11.8. The summed E-state index contributed by atoms with van der Waals surface area (Å²) in [5.41, 5.74) is 1.12. The largest absolute Gasteiger partial charge is 0.462 e. The Kier molecular flexibility index (Phi) is 3.10. The minimum Gasteiger partial charge on any atom is -0.462 e. The van der Waals surface area contributed by atoms with Gasteiger partial charge in [0.05, 0.1) is 19.2 Å². The van der Waals surface area contributed by atoms with Crippen LogP contribution in [-0.4, -0.2) is 21.9 Å². The number of nitrogens with zero attached hydrogens (tertiary/aromatic N) is 2. The molecule has 98 valence electrons. The smallest absolute Gasteiger partial charge is 0.307 e. The van der Waals surface area contributed by atoms with E-state index in [0.29, 0.717) is 18.9 Å². The highest BCUT2D eigenvalue weighted by Gasteiger charge is 2.41. The summed E-state index contributed by atoms with van der Waals surface area (Å²) in [6.45, 7) is 2.62. The lowest BCUT2D eigenvalue weighted by Crippen LogP contribution is -2.24. The molecule has 3 rings (SSSR count). The number of ether oxygens (including phenoxy) is 1. The van der Waals surface area contributed by atoms with Gasteiger partial charge in [-0.25, -0.2) is 0 Å². The Hall–Kier alpha value is -1.32. The van der Waals surface area contributed by atoms with Crippen LogP contribution in [0.15, 0.2) is 12.4 Å². The third-order valence-corrected chi connectivity index (χ3v) is 4.26. The minimum atomic E-state index is -0.0688. The zero-order valence-corrected chi connectivity index (χ0v) is 10.8. The highest BCUT2D eigenvalue weighted by atomic mass is 16.5. The zero-order valence-electron chi connectivity index (χ0n) is 10.8. The molecule has 0 spiro atoms. The Morgan fingerprint density at radius 1 is 1.50 bits per heavy atom. The van der Waals surface area contributed by atoms with Gasteiger partial charge in [0.1, 0.15) is 6.10 Å². The molecule has 0 aromatic carbocycles. The van der Waals surface area contributed by atoms with Crippen molar-refractivity contribution in [3.63, 3.8) is 0 Å². The summed E-state index contributed by atoms with van der Waals surface area (Å²) in [7, 11) is 0. The second-order valence-electron chi connectivity index (χ2n) is 5.73. The summed E-state index contributed by atoms with van der Waals surface area (Å²) in [6, 6.07) is 0. The maximum Gasteiger partial charge on any atom is 0.307 e. The predicted octanol–water partition coefficient (Wildman–Crippen LogP) is 2.31. The van der Waals surface area contributed by atoms with E-state index in [1.165, 1.54) is 19.3 Å². The molecular weight excluding hydrogens is 228 g/mol. The second-order valence-corrected chi connectivity index (χ2v) is 5.73. The van der Waals surface area contributed by atoms with Crippen molar-refractivity contribution >= 4 is 5.97 Å². The van der Waals surface area contributed by atoms with Gasteiger partial charge in [-0.2, -0.15) is 5.10 Å². The van der Waals surface area contributed by atoms with E-state index in [0.717, 1.165) is 17.9 Å². The fourth-order valence-electron chi connectivity index (χ4n) is 3.35. The van der Waals surface area contributed by atoms with Gasteiger partial charge in [0.15, 0.2) is 0 Å². The van der Waals surface area contributed by atoms with Crippen LogP contribution in [-0.2, 0) is 16.1 Å². The number of esters is 1. The van der Waals surface area contributed by atoms with Gasteiger partial charge in [0.25, 0.3) is 0 Å². The number of carbonyl (C=O) groups excluding carboxylic acids is 1. The molecule has 0 amide bonds. The highest BCUT2D eigenvalue weighted by molar-refractivity contribution is 5.69. The third-order valence-electron chi connectivity index (χ3n) is 4.26. The van der Waals surface area contributed by atoms with Crippen LogP contribution in [0.2, 0.25) is 0 Å². The molecule has 2 bridgehead atoms. The van der Waals surface area contributed by atoms with E-state index in [2.05, 4.69) is 5.10 Å². The van der Waals surface area contributed by atoms with Gasteiger partial charge in [-0.05, 0) is 50.0 Å². The molecule has 1 heterocycles. The summed E-state index contributed by atoms with van der Waals surface area (Å²) in [6.07, 6.45) is 9.34. The number of aromatic nitrogens is 2. The van der Waals surface area contributed by atoms with Crippen LogP contribution in [0.1, 0.15) is 37.7 Å². The van der Waals surface area contributed by atoms with E-state index < -0.39 is 0 Å². The van der Waals surface area contributed by atoms with Gasteiger partial charge in [0, 0.05) is 6.20 Å². The topological polar surface area (TPSA) is 44.1 Å². The van der Waals surface area contributed by atoms with Crippen LogP contribution in [0.25, 0.3) is 0 Å². The molecule has 4 heteroatoms. The summed E-state index contributed by atoms with van der Waals surface area (Å²) in [5, 5.41) is 4.17. The number of hydrogen-bond acceptors (Lipinski definition) is 3. The Morgan fingerprint density at radius 2 is 2.39 bits per heavy atom. The van der Waals surface area contributed by atoms with Gasteiger partial charge in [-0.1, -0.05) is 0 Å². The molecule has 2 aliphatic carbocycles. The molecular formula is C14H20N2O2. The van der Waals surface area contributed by atoms with Gasteiger partial charge < -0.3 is 4.74 Å². The van der Waals surface area contributed by atoms with Crippen LogP contribution < -0.4 is 0 Å². The van der Waals surface area contributed by atoms with Crippen LogP contribution in [0.5, 0.6) is 0 Å². The molecule has 4 nitrogen and oxygen atoms in total. The van der Waals surface area contributed by atoms with E-state index in [9.17, 15) is 4.79 Å². The molecule has 18 heavy (non-hydrogen) atoms. The van der Waals surface area contributed by atoms with Crippen molar-refractivity contribution < 1.29 is 9.53 Å². The number of hydrogen-bond donors (Lipinski definition) is 0. The van der Waals surface area contributed by atoms with Crippen LogP contribution in [0, 0.1) is 18.8 Å². The Labute approximate surface area is 107 Å². The molecule has 2 fully saturated rings. The quantitative estimate of drug-likeness (QED) is 0.768. The first-order valence-corrected chi connectivity index (χ1v) is 6.89. The lowest BCUT2D eigenvalue weighted by molar-refractivity contribution is -0.151. The maximum absolute atomic E-state index is 11.8. The monoisotopic (exact) mass is 248 g/mol. The van der Waals surface area contributed by atoms with Crippen molar-refractivity contribution in [1.29, 1.82) is 0 Å². The van der Waals surface area contributed by atoms with E-state index >= 15 is 0 Å². The van der Waals surface area contributed by atoms with Crippen molar-refractivity contribution in [3.8, 4) is 0 Å². The van der Waals surface area contributed by atoms with Crippen molar-refractivity contribution in [2.24, 2.45) is 11.8 Å². The van der Waals surface area contributed by atoms with Crippen LogP contribution in [0.4, 0.5) is 0 Å². The third kappa shape index (κ3) is 2.42. The predicted molar refractivity (Wildman–Crippen MR) is 66.9 cm³/mol. The number of fused-ring (bicyclic) bond motifs is 2. The lowest BCUT2D eigenvalue weighted by Gasteiger charge is -2.21. The standard InChI is InChI=1S/C14H20N2O2/c1-10-8-15-16(9-10)5-4-14(17)18-13-7-11-2-3-12(13)6-11/h8-9,11-13H,2-7H2,1H3.